The van der Waals surface area contributed by atoms with Crippen molar-refractivity contribution in [2.24, 2.45) is 0 Å². The van der Waals surface area contributed by atoms with Crippen LogP contribution in [0.25, 0.3) is 9.69 Å². The van der Waals surface area contributed by atoms with Crippen LogP contribution in [0.2, 0.25) is 0 Å². The van der Waals surface area contributed by atoms with Gasteiger partial charge in [0.25, 0.3) is 0 Å². The lowest BCUT2D eigenvalue weighted by Gasteiger charge is -2.46. The van der Waals surface area contributed by atoms with Gasteiger partial charge in [-0.3, -0.25) is 9.80 Å². The lowest BCUT2D eigenvalue weighted by molar-refractivity contribution is -0.0910. The Morgan fingerprint density at radius 3 is 1.37 bits per heavy atom. The summed E-state index contributed by atoms with van der Waals surface area (Å²) in [4.78, 5) is 39.3. The van der Waals surface area contributed by atoms with Crippen molar-refractivity contribution in [3.63, 3.8) is 0 Å². The van der Waals surface area contributed by atoms with E-state index in [0.717, 1.165) is 24.2 Å². The van der Waals surface area contributed by atoms with E-state index in [0.29, 0.717) is 63.6 Å². The Bertz CT molecular complexity index is 1670. The van der Waals surface area contributed by atoms with Crippen LogP contribution in [0.4, 0.5) is 29.7 Å². The number of fused-ring (bicyclic) bond motifs is 2. The summed E-state index contributed by atoms with van der Waals surface area (Å²) < 4.78 is 50.6. The third-order valence-corrected chi connectivity index (χ3v) is 10.1. The first-order chi connectivity index (χ1) is 25.4. The van der Waals surface area contributed by atoms with Crippen molar-refractivity contribution in [1.82, 2.24) is 19.6 Å². The van der Waals surface area contributed by atoms with Crippen LogP contribution in [-0.4, -0.2) is 121 Å². The molecule has 0 saturated carbocycles. The molecule has 2 aromatic carbocycles. The number of amides is 2. The molecule has 0 bridgehead atoms. The molecule has 6 rings (SSSR count). The molecule has 2 amide bonds. The minimum absolute atomic E-state index is 0.0629. The normalized spacial score (nSPS) is 23.5. The van der Waals surface area contributed by atoms with Crippen molar-refractivity contribution in [3.05, 3.63) is 81.0 Å². The Balaban J connectivity index is 0.000000208. The van der Waals surface area contributed by atoms with Gasteiger partial charge in [-0.05, 0) is 89.8 Å². The van der Waals surface area contributed by atoms with Gasteiger partial charge in [0, 0.05) is 52.4 Å². The van der Waals surface area contributed by atoms with E-state index in [1.54, 1.807) is 35.8 Å². The van der Waals surface area contributed by atoms with Gasteiger partial charge in [0.1, 0.15) is 22.8 Å². The molecule has 12 nitrogen and oxygen atoms in total. The van der Waals surface area contributed by atoms with Crippen LogP contribution >= 0.6 is 0 Å². The molecule has 54 heavy (non-hydrogen) atoms. The second-order valence-electron chi connectivity index (χ2n) is 16.2. The molecule has 4 heterocycles. The van der Waals surface area contributed by atoms with Crippen LogP contribution in [0.5, 0.6) is 0 Å². The van der Waals surface area contributed by atoms with Crippen LogP contribution in [0, 0.1) is 38.6 Å². The van der Waals surface area contributed by atoms with E-state index in [1.807, 2.05) is 41.5 Å². The summed E-state index contributed by atoms with van der Waals surface area (Å²) in [7, 11) is 0. The van der Waals surface area contributed by atoms with E-state index in [2.05, 4.69) is 19.5 Å². The van der Waals surface area contributed by atoms with Crippen LogP contribution in [-0.2, 0) is 18.9 Å². The molecule has 0 unspecified atom stereocenters. The number of hydrogen-bond acceptors (Lipinski definition) is 8. The third-order valence-electron chi connectivity index (χ3n) is 10.1. The van der Waals surface area contributed by atoms with Gasteiger partial charge >= 0.3 is 12.2 Å². The third kappa shape index (κ3) is 9.66. The van der Waals surface area contributed by atoms with Gasteiger partial charge in [-0.25, -0.2) is 28.1 Å². The number of ether oxygens (including phenoxy) is 4. The Kier molecular flexibility index (Phi) is 12.5. The zero-order valence-electron chi connectivity index (χ0n) is 32.6. The lowest BCUT2D eigenvalue weighted by atomic mass is 9.98. The molecule has 4 saturated heterocycles. The molecule has 0 radical (unpaired) electrons. The van der Waals surface area contributed by atoms with Crippen molar-refractivity contribution in [2.75, 3.05) is 65.6 Å². The van der Waals surface area contributed by atoms with Crippen LogP contribution in [0.15, 0.2) is 24.3 Å². The standard InChI is InChI=1S/2C20H26FN3O3/c2*1-13-15(6-7-16(21)18(13)22-5)17-11-23-8-9-24(10-14(23)12-26-17)19(25)27-20(2,3)4/h2*6-7,14,17H,8-12H2,1-4H3/t14-,17+;14-,17-/m11/s1. The highest BCUT2D eigenvalue weighted by Gasteiger charge is 2.39. The van der Waals surface area contributed by atoms with E-state index in [9.17, 15) is 18.4 Å². The number of carbonyl (C=O) groups excluding carboxylic acids is 2. The average molecular weight is 751 g/mol. The molecular formula is C40H52F2N6O6. The lowest BCUT2D eigenvalue weighted by Crippen LogP contribution is -2.60. The quantitative estimate of drug-likeness (QED) is 0.295. The second-order valence-corrected chi connectivity index (χ2v) is 16.2. The van der Waals surface area contributed by atoms with Crippen LogP contribution < -0.4 is 0 Å². The summed E-state index contributed by atoms with van der Waals surface area (Å²) in [6.45, 7) is 35.2. The van der Waals surface area contributed by atoms with Gasteiger partial charge in [-0.1, -0.05) is 12.1 Å². The van der Waals surface area contributed by atoms with Crippen molar-refractivity contribution in [3.8, 4) is 0 Å². The highest BCUT2D eigenvalue weighted by Crippen LogP contribution is 2.36. The SMILES string of the molecule is [C-]#[N+]c1c(F)ccc([C@@H]2CN3CCN(C(=O)OC(C)(C)C)C[C@@H]3CO2)c1C.[C-]#[N+]c1c(F)ccc([C@H]2CN3CCN(C(=O)OC(C)(C)C)C[C@@H]3CO2)c1C. The van der Waals surface area contributed by atoms with Crippen molar-refractivity contribution < 1.29 is 37.3 Å². The van der Waals surface area contributed by atoms with Gasteiger partial charge in [0.05, 0.1) is 50.6 Å². The summed E-state index contributed by atoms with van der Waals surface area (Å²) in [5, 5.41) is 0. The van der Waals surface area contributed by atoms with E-state index in [4.69, 9.17) is 32.1 Å². The molecule has 0 N–H and O–H groups in total. The highest BCUT2D eigenvalue weighted by atomic mass is 19.1. The number of carbonyl (C=O) groups is 2. The molecule has 4 fully saturated rings. The van der Waals surface area contributed by atoms with Gasteiger partial charge in [0.15, 0.2) is 0 Å². The second kappa shape index (κ2) is 16.6. The minimum atomic E-state index is -0.511. The molecule has 0 aliphatic carbocycles. The monoisotopic (exact) mass is 750 g/mol. The largest absolute Gasteiger partial charge is 0.444 e. The molecule has 0 aromatic heterocycles. The number of rotatable bonds is 2. The number of morpholine rings is 2. The number of halogens is 2. The Hall–Kier alpha value is -4.34. The first-order valence-corrected chi connectivity index (χ1v) is 18.4. The van der Waals surface area contributed by atoms with E-state index in [-0.39, 0.29) is 47.9 Å². The number of nitrogens with zero attached hydrogens (tertiary/aromatic N) is 6. The summed E-state index contributed by atoms with van der Waals surface area (Å²) in [6, 6.07) is 6.33. The number of hydrogen-bond donors (Lipinski definition) is 0. The maximum Gasteiger partial charge on any atom is 0.410 e. The summed E-state index contributed by atoms with van der Waals surface area (Å²) in [6.07, 6.45) is -0.980. The fourth-order valence-corrected chi connectivity index (χ4v) is 7.27. The number of benzene rings is 2. The summed E-state index contributed by atoms with van der Waals surface area (Å²) in [5.41, 5.74) is 2.10. The smallest absolute Gasteiger partial charge is 0.410 e. The van der Waals surface area contributed by atoms with Crippen molar-refractivity contribution >= 4 is 23.6 Å². The Morgan fingerprint density at radius 1 is 0.667 bits per heavy atom. The van der Waals surface area contributed by atoms with Gasteiger partial charge in [-0.2, -0.15) is 0 Å². The van der Waals surface area contributed by atoms with E-state index in [1.165, 1.54) is 12.1 Å². The summed E-state index contributed by atoms with van der Waals surface area (Å²) in [5.74, 6) is -0.989. The molecule has 292 valence electrons. The molecule has 4 atom stereocenters. The Morgan fingerprint density at radius 2 is 1.04 bits per heavy atom. The predicted octanol–water partition coefficient (Wildman–Crippen LogP) is 7.36. The van der Waals surface area contributed by atoms with Gasteiger partial charge < -0.3 is 28.7 Å². The summed E-state index contributed by atoms with van der Waals surface area (Å²) >= 11 is 0. The average Bonchev–Trinajstić information content (AvgIpc) is 3.10. The minimum Gasteiger partial charge on any atom is -0.444 e. The molecule has 4 aliphatic rings. The maximum atomic E-state index is 13.8. The molecular weight excluding hydrogens is 698 g/mol. The highest BCUT2D eigenvalue weighted by molar-refractivity contribution is 5.69. The molecule has 4 aliphatic heterocycles. The van der Waals surface area contributed by atoms with Crippen molar-refractivity contribution in [1.29, 1.82) is 0 Å². The molecule has 14 heteroatoms. The van der Waals surface area contributed by atoms with E-state index < -0.39 is 22.8 Å². The van der Waals surface area contributed by atoms with Gasteiger partial charge in [0.2, 0.25) is 11.4 Å². The van der Waals surface area contributed by atoms with E-state index >= 15 is 0 Å². The first-order valence-electron chi connectivity index (χ1n) is 18.4. The first kappa shape index (κ1) is 40.8. The van der Waals surface area contributed by atoms with Gasteiger partial charge in [-0.15, -0.1) is 0 Å². The Labute approximate surface area is 317 Å². The zero-order valence-corrected chi connectivity index (χ0v) is 32.6. The molecule has 0 spiro atoms. The molecule has 2 aromatic rings. The number of piperazine rings is 2. The fraction of sp³-hybridized carbons (Fsp3) is 0.600. The fourth-order valence-electron chi connectivity index (χ4n) is 7.27. The predicted molar refractivity (Wildman–Crippen MR) is 199 cm³/mol. The van der Waals surface area contributed by atoms with Crippen molar-refractivity contribution in [2.45, 2.75) is 90.9 Å². The van der Waals surface area contributed by atoms with Crippen LogP contribution in [0.3, 0.4) is 0 Å². The zero-order chi connectivity index (χ0) is 39.5. The maximum absolute atomic E-state index is 13.8. The topological polar surface area (TPSA) is 92.7 Å². The van der Waals surface area contributed by atoms with Crippen LogP contribution in [0.1, 0.15) is 76.0 Å².